The van der Waals surface area contributed by atoms with Crippen molar-refractivity contribution in [3.63, 3.8) is 0 Å². The predicted octanol–water partition coefficient (Wildman–Crippen LogP) is 5.49. The van der Waals surface area contributed by atoms with Gasteiger partial charge in [-0.1, -0.05) is 61.1 Å². The van der Waals surface area contributed by atoms with Crippen LogP contribution in [0.1, 0.15) is 42.0 Å². The molecular formula is C20H18F2. The van der Waals surface area contributed by atoms with Crippen molar-refractivity contribution in [2.45, 2.75) is 26.7 Å². The molecule has 2 aromatic rings. The van der Waals surface area contributed by atoms with E-state index in [0.29, 0.717) is 0 Å². The zero-order valence-electron chi connectivity index (χ0n) is 12.8. The molecule has 0 aliphatic heterocycles. The number of hydrogen-bond acceptors (Lipinski definition) is 0. The number of allylic oxidation sites excluding steroid dienone is 1. The molecule has 0 unspecified atom stereocenters. The molecule has 2 rings (SSSR count). The zero-order valence-corrected chi connectivity index (χ0v) is 12.8. The Kier molecular flexibility index (Phi) is 5.49. The zero-order chi connectivity index (χ0) is 15.9. The van der Waals surface area contributed by atoms with Gasteiger partial charge >= 0.3 is 0 Å². The minimum atomic E-state index is -0.890. The maximum absolute atomic E-state index is 14.0. The maximum Gasteiger partial charge on any atom is 0.175 e. The summed E-state index contributed by atoms with van der Waals surface area (Å²) in [7, 11) is 0. The second kappa shape index (κ2) is 7.56. The van der Waals surface area contributed by atoms with Crippen LogP contribution in [0.2, 0.25) is 0 Å². The van der Waals surface area contributed by atoms with Crippen molar-refractivity contribution < 1.29 is 8.78 Å². The monoisotopic (exact) mass is 296 g/mol. The van der Waals surface area contributed by atoms with Crippen molar-refractivity contribution in [3.8, 4) is 11.8 Å². The first-order chi connectivity index (χ1) is 10.6. The number of aryl methyl sites for hydroxylation is 1. The summed E-state index contributed by atoms with van der Waals surface area (Å²) in [6, 6.07) is 10.7. The first-order valence-electron chi connectivity index (χ1n) is 7.35. The van der Waals surface area contributed by atoms with Crippen LogP contribution in [0.25, 0.3) is 6.08 Å². The van der Waals surface area contributed by atoms with Crippen molar-refractivity contribution in [1.82, 2.24) is 0 Å². The van der Waals surface area contributed by atoms with Gasteiger partial charge in [-0.2, -0.15) is 0 Å². The lowest BCUT2D eigenvalue weighted by Crippen LogP contribution is -1.93. The summed E-state index contributed by atoms with van der Waals surface area (Å²) in [4.78, 5) is 0. The van der Waals surface area contributed by atoms with Gasteiger partial charge in [0.05, 0.1) is 5.56 Å². The van der Waals surface area contributed by atoms with E-state index in [1.165, 1.54) is 6.07 Å². The standard InChI is InChI=1S/C20H18F2/c1-3-4-5-6-17-13-14-18(20(22)19(17)21)12-11-16-9-7-15(2)8-10-16/h5-10,13-14H,3-4H2,1-2H3/b6-5+. The Balaban J connectivity index is 2.26. The van der Waals surface area contributed by atoms with Gasteiger partial charge in [-0.25, -0.2) is 8.78 Å². The van der Waals surface area contributed by atoms with Gasteiger partial charge in [0.1, 0.15) is 0 Å². The molecule has 0 aliphatic carbocycles. The van der Waals surface area contributed by atoms with Crippen molar-refractivity contribution >= 4 is 6.08 Å². The Morgan fingerprint density at radius 2 is 1.68 bits per heavy atom. The van der Waals surface area contributed by atoms with Crippen molar-refractivity contribution in [2.24, 2.45) is 0 Å². The van der Waals surface area contributed by atoms with E-state index in [9.17, 15) is 8.78 Å². The quantitative estimate of drug-likeness (QED) is 0.657. The topological polar surface area (TPSA) is 0 Å². The SMILES string of the molecule is CCC/C=C/c1ccc(C#Cc2ccc(C)cc2)c(F)c1F. The molecule has 2 heteroatoms. The summed E-state index contributed by atoms with van der Waals surface area (Å²) in [5.41, 5.74) is 2.24. The molecule has 22 heavy (non-hydrogen) atoms. The molecule has 2 aromatic carbocycles. The van der Waals surface area contributed by atoms with Crippen molar-refractivity contribution in [2.75, 3.05) is 0 Å². The van der Waals surface area contributed by atoms with E-state index in [1.54, 1.807) is 12.1 Å². The minimum Gasteiger partial charge on any atom is -0.203 e. The Hall–Kier alpha value is -2.40. The molecule has 0 aromatic heterocycles. The Morgan fingerprint density at radius 1 is 0.955 bits per heavy atom. The second-order valence-electron chi connectivity index (χ2n) is 5.14. The second-order valence-corrected chi connectivity index (χ2v) is 5.14. The molecule has 0 spiro atoms. The largest absolute Gasteiger partial charge is 0.203 e. The summed E-state index contributed by atoms with van der Waals surface area (Å²) in [6.45, 7) is 4.02. The fraction of sp³-hybridized carbons (Fsp3) is 0.200. The summed E-state index contributed by atoms with van der Waals surface area (Å²) < 4.78 is 28.0. The van der Waals surface area contributed by atoms with Gasteiger partial charge in [0.2, 0.25) is 0 Å². The lowest BCUT2D eigenvalue weighted by atomic mass is 10.1. The highest BCUT2D eigenvalue weighted by molar-refractivity contribution is 5.54. The van der Waals surface area contributed by atoms with Crippen LogP contribution in [0, 0.1) is 30.4 Å². The highest BCUT2D eigenvalue weighted by Gasteiger charge is 2.10. The van der Waals surface area contributed by atoms with Crippen LogP contribution in [0.3, 0.4) is 0 Å². The molecule has 0 nitrogen and oxygen atoms in total. The smallest absolute Gasteiger partial charge is 0.175 e. The van der Waals surface area contributed by atoms with E-state index in [1.807, 2.05) is 44.2 Å². The molecule has 0 amide bonds. The molecule has 0 radical (unpaired) electrons. The van der Waals surface area contributed by atoms with E-state index in [-0.39, 0.29) is 11.1 Å². The third-order valence-corrected chi connectivity index (χ3v) is 3.26. The third kappa shape index (κ3) is 4.05. The summed E-state index contributed by atoms with van der Waals surface area (Å²) >= 11 is 0. The van der Waals surface area contributed by atoms with Crippen LogP contribution in [0.5, 0.6) is 0 Å². The average molecular weight is 296 g/mol. The summed E-state index contributed by atoms with van der Waals surface area (Å²) in [6.07, 6.45) is 5.27. The van der Waals surface area contributed by atoms with Gasteiger partial charge in [0.25, 0.3) is 0 Å². The Labute approximate surface area is 130 Å². The van der Waals surface area contributed by atoms with Crippen LogP contribution in [0.4, 0.5) is 8.78 Å². The van der Waals surface area contributed by atoms with Gasteiger partial charge in [-0.3, -0.25) is 0 Å². The minimum absolute atomic E-state index is 0.0747. The van der Waals surface area contributed by atoms with E-state index in [0.717, 1.165) is 24.0 Å². The van der Waals surface area contributed by atoms with E-state index in [2.05, 4.69) is 11.8 Å². The molecule has 0 saturated carbocycles. The normalized spacial score (nSPS) is 10.5. The molecular weight excluding hydrogens is 278 g/mol. The van der Waals surface area contributed by atoms with Gasteiger partial charge in [0.15, 0.2) is 11.6 Å². The fourth-order valence-electron chi connectivity index (χ4n) is 1.94. The van der Waals surface area contributed by atoms with Crippen LogP contribution < -0.4 is 0 Å². The molecule has 112 valence electrons. The first-order valence-corrected chi connectivity index (χ1v) is 7.35. The molecule has 0 aliphatic rings. The lowest BCUT2D eigenvalue weighted by molar-refractivity contribution is 0.505. The van der Waals surface area contributed by atoms with Gasteiger partial charge in [0, 0.05) is 11.1 Å². The van der Waals surface area contributed by atoms with Crippen molar-refractivity contribution in [3.05, 3.63) is 76.4 Å². The number of hydrogen-bond donors (Lipinski definition) is 0. The lowest BCUT2D eigenvalue weighted by Gasteiger charge is -2.01. The third-order valence-electron chi connectivity index (χ3n) is 3.26. The number of halogens is 2. The highest BCUT2D eigenvalue weighted by Crippen LogP contribution is 2.17. The molecule has 0 saturated heterocycles. The molecule has 0 fully saturated rings. The molecule has 0 heterocycles. The summed E-state index contributed by atoms with van der Waals surface area (Å²) in [5.74, 6) is 3.81. The van der Waals surface area contributed by atoms with E-state index < -0.39 is 11.6 Å². The van der Waals surface area contributed by atoms with Crippen LogP contribution in [-0.2, 0) is 0 Å². The van der Waals surface area contributed by atoms with Crippen LogP contribution in [-0.4, -0.2) is 0 Å². The first kappa shape index (κ1) is 16.0. The van der Waals surface area contributed by atoms with Gasteiger partial charge < -0.3 is 0 Å². The Bertz CT molecular complexity index is 729. The predicted molar refractivity (Wildman–Crippen MR) is 87.5 cm³/mol. The maximum atomic E-state index is 14.0. The van der Waals surface area contributed by atoms with Gasteiger partial charge in [-0.15, -0.1) is 0 Å². The average Bonchev–Trinajstić information content (AvgIpc) is 2.52. The molecule has 0 bridgehead atoms. The number of rotatable bonds is 3. The molecule has 0 atom stereocenters. The van der Waals surface area contributed by atoms with Crippen molar-refractivity contribution in [1.29, 1.82) is 0 Å². The van der Waals surface area contributed by atoms with Crippen LogP contribution in [0.15, 0.2) is 42.5 Å². The summed E-state index contributed by atoms with van der Waals surface area (Å²) in [5, 5.41) is 0. The highest BCUT2D eigenvalue weighted by atomic mass is 19.2. The van der Waals surface area contributed by atoms with E-state index >= 15 is 0 Å². The molecule has 0 N–H and O–H groups in total. The van der Waals surface area contributed by atoms with Gasteiger partial charge in [-0.05, 0) is 31.5 Å². The number of unbranched alkanes of at least 4 members (excludes halogenated alkanes) is 1. The fourth-order valence-corrected chi connectivity index (χ4v) is 1.94. The Morgan fingerprint density at radius 3 is 2.36 bits per heavy atom. The number of benzene rings is 2. The van der Waals surface area contributed by atoms with E-state index in [4.69, 9.17) is 0 Å². The van der Waals surface area contributed by atoms with Crippen LogP contribution >= 0.6 is 0 Å².